The molecular formula is C12H7Br3ClNO2S. The quantitative estimate of drug-likeness (QED) is 0.543. The fourth-order valence-corrected chi connectivity index (χ4v) is 4.14. The zero-order valence-corrected chi connectivity index (χ0v) is 16.0. The number of anilines is 1. The molecule has 0 spiro atoms. The highest BCUT2D eigenvalue weighted by molar-refractivity contribution is 9.13. The van der Waals surface area contributed by atoms with Gasteiger partial charge in [-0.15, -0.1) is 11.3 Å². The molecule has 2 N–H and O–H groups in total. The zero-order chi connectivity index (χ0) is 14.9. The normalized spacial score (nSPS) is 12.2. The SMILES string of the molecule is O=C(O)C(Nc1ccc(Cl)c(Br)c1)c1cc(Br)c(Br)s1. The molecule has 2 rings (SSSR count). The summed E-state index contributed by atoms with van der Waals surface area (Å²) in [6, 6.07) is 6.14. The van der Waals surface area contributed by atoms with Crippen molar-refractivity contribution in [1.82, 2.24) is 0 Å². The highest BCUT2D eigenvalue weighted by atomic mass is 79.9. The minimum Gasteiger partial charge on any atom is -0.479 e. The molecule has 0 aliphatic heterocycles. The van der Waals surface area contributed by atoms with E-state index in [1.807, 2.05) is 0 Å². The minimum absolute atomic E-state index is 0.573. The molecular weight excluding hydrogens is 497 g/mol. The molecule has 0 fully saturated rings. The molecule has 1 atom stereocenters. The van der Waals surface area contributed by atoms with Crippen molar-refractivity contribution in [3.05, 3.63) is 46.9 Å². The number of thiophene rings is 1. The predicted octanol–water partition coefficient (Wildman–Crippen LogP) is 5.93. The lowest BCUT2D eigenvalue weighted by Gasteiger charge is -2.14. The Balaban J connectivity index is 2.30. The maximum Gasteiger partial charge on any atom is 0.331 e. The van der Waals surface area contributed by atoms with E-state index in [0.717, 1.165) is 8.26 Å². The smallest absolute Gasteiger partial charge is 0.331 e. The molecule has 1 heterocycles. The molecule has 106 valence electrons. The van der Waals surface area contributed by atoms with Gasteiger partial charge in [0.15, 0.2) is 6.04 Å². The summed E-state index contributed by atoms with van der Waals surface area (Å²) in [5, 5.41) is 12.9. The van der Waals surface area contributed by atoms with Crippen molar-refractivity contribution >= 4 is 82.4 Å². The molecule has 0 bridgehead atoms. The molecule has 0 aliphatic carbocycles. The lowest BCUT2D eigenvalue weighted by Crippen LogP contribution is -2.19. The van der Waals surface area contributed by atoms with Gasteiger partial charge in [-0.3, -0.25) is 0 Å². The van der Waals surface area contributed by atoms with Crippen LogP contribution in [0.15, 0.2) is 37.0 Å². The monoisotopic (exact) mass is 501 g/mol. The van der Waals surface area contributed by atoms with Crippen molar-refractivity contribution in [1.29, 1.82) is 0 Å². The van der Waals surface area contributed by atoms with Crippen LogP contribution in [0.4, 0.5) is 5.69 Å². The van der Waals surface area contributed by atoms with E-state index in [2.05, 4.69) is 53.1 Å². The van der Waals surface area contributed by atoms with E-state index in [4.69, 9.17) is 11.6 Å². The van der Waals surface area contributed by atoms with Crippen LogP contribution in [-0.2, 0) is 4.79 Å². The Bertz CT molecular complexity index is 643. The summed E-state index contributed by atoms with van der Waals surface area (Å²) in [4.78, 5) is 12.1. The molecule has 1 aromatic heterocycles. The van der Waals surface area contributed by atoms with Crippen molar-refractivity contribution in [2.24, 2.45) is 0 Å². The second-order valence-corrected chi connectivity index (χ2v) is 8.33. The van der Waals surface area contributed by atoms with E-state index >= 15 is 0 Å². The van der Waals surface area contributed by atoms with E-state index in [-0.39, 0.29) is 0 Å². The lowest BCUT2D eigenvalue weighted by atomic mass is 10.2. The van der Waals surface area contributed by atoms with Crippen molar-refractivity contribution < 1.29 is 9.90 Å². The Kier molecular flexibility index (Phi) is 5.53. The molecule has 0 radical (unpaired) electrons. The summed E-state index contributed by atoms with van der Waals surface area (Å²) in [7, 11) is 0. The first-order valence-corrected chi connectivity index (χ1v) is 8.85. The molecule has 3 nitrogen and oxygen atoms in total. The van der Waals surface area contributed by atoms with Gasteiger partial charge < -0.3 is 10.4 Å². The van der Waals surface area contributed by atoms with Crippen LogP contribution >= 0.6 is 70.7 Å². The topological polar surface area (TPSA) is 49.3 Å². The fraction of sp³-hybridized carbons (Fsp3) is 0.0833. The number of carboxylic acid groups (broad SMARTS) is 1. The number of carbonyl (C=O) groups is 1. The van der Waals surface area contributed by atoms with Gasteiger partial charge >= 0.3 is 5.97 Å². The van der Waals surface area contributed by atoms with Gasteiger partial charge in [0.1, 0.15) is 0 Å². The van der Waals surface area contributed by atoms with Gasteiger partial charge in [0, 0.05) is 19.5 Å². The molecule has 0 saturated carbocycles. The van der Waals surface area contributed by atoms with Crippen molar-refractivity contribution in [3.63, 3.8) is 0 Å². The van der Waals surface area contributed by atoms with Gasteiger partial charge in [-0.25, -0.2) is 4.79 Å². The predicted molar refractivity (Wildman–Crippen MR) is 92.9 cm³/mol. The number of hydrogen-bond donors (Lipinski definition) is 2. The number of rotatable bonds is 4. The van der Waals surface area contributed by atoms with Gasteiger partial charge in [-0.1, -0.05) is 11.6 Å². The minimum atomic E-state index is -0.947. The van der Waals surface area contributed by atoms with Gasteiger partial charge in [0.25, 0.3) is 0 Å². The number of nitrogens with one attached hydrogen (secondary N) is 1. The van der Waals surface area contributed by atoms with E-state index < -0.39 is 12.0 Å². The highest BCUT2D eigenvalue weighted by Crippen LogP contribution is 2.37. The summed E-state index contributed by atoms with van der Waals surface area (Å²) >= 11 is 17.3. The van der Waals surface area contributed by atoms with E-state index in [1.54, 1.807) is 24.3 Å². The van der Waals surface area contributed by atoms with E-state index in [9.17, 15) is 9.90 Å². The third kappa shape index (κ3) is 3.76. The zero-order valence-electron chi connectivity index (χ0n) is 9.66. The average Bonchev–Trinajstić information content (AvgIpc) is 2.70. The van der Waals surface area contributed by atoms with Gasteiger partial charge in [0.05, 0.1) is 8.81 Å². The van der Waals surface area contributed by atoms with Crippen LogP contribution in [0.25, 0.3) is 0 Å². The number of halogens is 4. The first-order chi connectivity index (χ1) is 9.38. The van der Waals surface area contributed by atoms with Gasteiger partial charge in [-0.2, -0.15) is 0 Å². The lowest BCUT2D eigenvalue weighted by molar-refractivity contribution is -0.138. The van der Waals surface area contributed by atoms with Crippen LogP contribution < -0.4 is 5.32 Å². The van der Waals surface area contributed by atoms with E-state index in [1.165, 1.54) is 11.3 Å². The number of benzene rings is 1. The molecule has 2 aromatic rings. The average molecular weight is 504 g/mol. The van der Waals surface area contributed by atoms with Crippen LogP contribution in [0.3, 0.4) is 0 Å². The largest absolute Gasteiger partial charge is 0.479 e. The summed E-state index contributed by atoms with van der Waals surface area (Å²) in [6.45, 7) is 0. The van der Waals surface area contributed by atoms with Crippen LogP contribution in [0.2, 0.25) is 5.02 Å². The molecule has 8 heteroatoms. The Morgan fingerprint density at radius 1 is 1.25 bits per heavy atom. The Morgan fingerprint density at radius 2 is 1.95 bits per heavy atom. The molecule has 0 aliphatic rings. The van der Waals surface area contributed by atoms with Crippen molar-refractivity contribution in [2.75, 3.05) is 5.32 Å². The molecule has 1 unspecified atom stereocenters. The number of hydrogen-bond acceptors (Lipinski definition) is 3. The van der Waals surface area contributed by atoms with Crippen LogP contribution in [0, 0.1) is 0 Å². The number of carboxylic acids is 1. The Hall–Kier alpha value is -0.0800. The Morgan fingerprint density at radius 3 is 2.45 bits per heavy atom. The summed E-state index contributed by atoms with van der Waals surface area (Å²) in [5.74, 6) is -0.947. The van der Waals surface area contributed by atoms with Crippen molar-refractivity contribution in [2.45, 2.75) is 6.04 Å². The molecule has 1 aromatic carbocycles. The molecule has 20 heavy (non-hydrogen) atoms. The van der Waals surface area contributed by atoms with Crippen molar-refractivity contribution in [3.8, 4) is 0 Å². The second kappa shape index (κ2) is 6.79. The van der Waals surface area contributed by atoms with Crippen LogP contribution in [-0.4, -0.2) is 11.1 Å². The van der Waals surface area contributed by atoms with E-state index in [0.29, 0.717) is 20.1 Å². The standard InChI is InChI=1S/C12H7Br3ClNO2S/c13-6-3-5(1-2-8(6)16)17-10(12(18)19)9-4-7(14)11(15)20-9/h1-4,10,17H,(H,18,19). The third-order valence-electron chi connectivity index (χ3n) is 2.43. The van der Waals surface area contributed by atoms with Gasteiger partial charge in [-0.05, 0) is 72.1 Å². The summed E-state index contributed by atoms with van der Waals surface area (Å²) in [5.41, 5.74) is 0.675. The maximum atomic E-state index is 11.5. The third-order valence-corrected chi connectivity index (χ3v) is 6.96. The number of aliphatic carboxylic acids is 1. The van der Waals surface area contributed by atoms with Gasteiger partial charge in [0.2, 0.25) is 0 Å². The second-order valence-electron chi connectivity index (χ2n) is 3.81. The summed E-state index contributed by atoms with van der Waals surface area (Å²) < 4.78 is 2.41. The highest BCUT2D eigenvalue weighted by Gasteiger charge is 2.23. The van der Waals surface area contributed by atoms with Crippen LogP contribution in [0.1, 0.15) is 10.9 Å². The first-order valence-electron chi connectivity index (χ1n) is 5.27. The summed E-state index contributed by atoms with van der Waals surface area (Å²) in [6.07, 6.45) is 0. The maximum absolute atomic E-state index is 11.5. The Labute approximate surface area is 149 Å². The fourth-order valence-electron chi connectivity index (χ4n) is 1.51. The first kappa shape index (κ1) is 16.3. The van der Waals surface area contributed by atoms with Crippen LogP contribution in [0.5, 0.6) is 0 Å². The molecule has 0 saturated heterocycles. The molecule has 0 amide bonds.